The number of nitrogen functional groups attached to an aromatic ring is 1. The van der Waals surface area contributed by atoms with Crippen LogP contribution in [0.5, 0.6) is 0 Å². The van der Waals surface area contributed by atoms with Crippen LogP contribution in [-0.4, -0.2) is 5.91 Å². The molecular weight excluding hydrogens is 311 g/mol. The molecule has 2 aromatic carbocycles. The first-order valence-corrected chi connectivity index (χ1v) is 6.39. The molecule has 1 amide bonds. The number of halogens is 2. The van der Waals surface area contributed by atoms with E-state index < -0.39 is 5.82 Å². The summed E-state index contributed by atoms with van der Waals surface area (Å²) in [6, 6.07) is 9.58. The van der Waals surface area contributed by atoms with E-state index in [1.54, 1.807) is 12.1 Å². The van der Waals surface area contributed by atoms with Crippen LogP contribution >= 0.6 is 15.9 Å². The van der Waals surface area contributed by atoms with Gasteiger partial charge in [-0.15, -0.1) is 0 Å². The molecule has 0 atom stereocenters. The van der Waals surface area contributed by atoms with Crippen LogP contribution in [0.15, 0.2) is 40.9 Å². The SMILES string of the molecule is Cc1ccc(Br)cc1C(=O)Nc1ccc(N)c(F)c1. The van der Waals surface area contributed by atoms with E-state index in [4.69, 9.17) is 5.73 Å². The number of nitrogens with one attached hydrogen (secondary N) is 1. The summed E-state index contributed by atoms with van der Waals surface area (Å²) in [6.07, 6.45) is 0. The molecule has 0 aliphatic carbocycles. The fourth-order valence-corrected chi connectivity index (χ4v) is 2.00. The molecule has 0 aliphatic rings. The minimum absolute atomic E-state index is 0.0524. The lowest BCUT2D eigenvalue weighted by Crippen LogP contribution is -2.13. The van der Waals surface area contributed by atoms with Crippen LogP contribution in [0.25, 0.3) is 0 Å². The molecule has 3 nitrogen and oxygen atoms in total. The van der Waals surface area contributed by atoms with Crippen LogP contribution in [-0.2, 0) is 0 Å². The zero-order chi connectivity index (χ0) is 14.0. The van der Waals surface area contributed by atoms with Crippen molar-refractivity contribution in [1.82, 2.24) is 0 Å². The van der Waals surface area contributed by atoms with E-state index in [2.05, 4.69) is 21.2 Å². The first-order valence-electron chi connectivity index (χ1n) is 5.60. The van der Waals surface area contributed by atoms with E-state index in [-0.39, 0.29) is 11.6 Å². The van der Waals surface area contributed by atoms with Gasteiger partial charge in [0.1, 0.15) is 5.82 Å². The average Bonchev–Trinajstić information content (AvgIpc) is 2.36. The molecule has 0 bridgehead atoms. The van der Waals surface area contributed by atoms with Gasteiger partial charge in [-0.25, -0.2) is 4.39 Å². The van der Waals surface area contributed by atoms with Gasteiger partial charge in [0.05, 0.1) is 5.69 Å². The lowest BCUT2D eigenvalue weighted by Gasteiger charge is -2.09. The molecule has 0 aliphatic heterocycles. The largest absolute Gasteiger partial charge is 0.396 e. The van der Waals surface area contributed by atoms with Crippen molar-refractivity contribution >= 4 is 33.2 Å². The van der Waals surface area contributed by atoms with E-state index in [0.717, 1.165) is 10.0 Å². The molecule has 0 aromatic heterocycles. The summed E-state index contributed by atoms with van der Waals surface area (Å²) in [5.41, 5.74) is 7.18. The van der Waals surface area contributed by atoms with Gasteiger partial charge < -0.3 is 11.1 Å². The van der Waals surface area contributed by atoms with Crippen LogP contribution < -0.4 is 11.1 Å². The van der Waals surface area contributed by atoms with Gasteiger partial charge in [-0.05, 0) is 42.8 Å². The monoisotopic (exact) mass is 322 g/mol. The molecular formula is C14H12BrFN2O. The molecule has 0 radical (unpaired) electrons. The fourth-order valence-electron chi connectivity index (χ4n) is 1.64. The Kier molecular flexibility index (Phi) is 3.85. The third-order valence-corrected chi connectivity index (χ3v) is 3.20. The molecule has 2 rings (SSSR count). The molecule has 0 saturated heterocycles. The summed E-state index contributed by atoms with van der Waals surface area (Å²) in [4.78, 5) is 12.1. The predicted molar refractivity (Wildman–Crippen MR) is 77.6 cm³/mol. The third-order valence-electron chi connectivity index (χ3n) is 2.70. The van der Waals surface area contributed by atoms with Crippen LogP contribution in [0.3, 0.4) is 0 Å². The smallest absolute Gasteiger partial charge is 0.255 e. The molecule has 0 fully saturated rings. The Hall–Kier alpha value is -1.88. The molecule has 0 heterocycles. The number of amides is 1. The van der Waals surface area contributed by atoms with Gasteiger partial charge in [-0.3, -0.25) is 4.79 Å². The Balaban J connectivity index is 2.25. The van der Waals surface area contributed by atoms with Crippen LogP contribution in [0.4, 0.5) is 15.8 Å². The Morgan fingerprint density at radius 1 is 1.26 bits per heavy atom. The molecule has 98 valence electrons. The van der Waals surface area contributed by atoms with Gasteiger partial charge in [0.15, 0.2) is 0 Å². The van der Waals surface area contributed by atoms with Crippen molar-refractivity contribution < 1.29 is 9.18 Å². The van der Waals surface area contributed by atoms with Gasteiger partial charge >= 0.3 is 0 Å². The van der Waals surface area contributed by atoms with Crippen molar-refractivity contribution in [2.45, 2.75) is 6.92 Å². The fraction of sp³-hybridized carbons (Fsp3) is 0.0714. The van der Waals surface area contributed by atoms with Crippen molar-refractivity contribution in [3.63, 3.8) is 0 Å². The second-order valence-corrected chi connectivity index (χ2v) is 5.07. The number of nitrogens with two attached hydrogens (primary N) is 1. The van der Waals surface area contributed by atoms with Gasteiger partial charge in [-0.2, -0.15) is 0 Å². The average molecular weight is 323 g/mol. The number of aryl methyl sites for hydroxylation is 1. The summed E-state index contributed by atoms with van der Waals surface area (Å²) in [5.74, 6) is -0.841. The zero-order valence-electron chi connectivity index (χ0n) is 10.2. The zero-order valence-corrected chi connectivity index (χ0v) is 11.8. The maximum Gasteiger partial charge on any atom is 0.255 e. The number of benzene rings is 2. The third kappa shape index (κ3) is 3.12. The summed E-state index contributed by atoms with van der Waals surface area (Å²) in [6.45, 7) is 1.84. The minimum atomic E-state index is -0.552. The van der Waals surface area contributed by atoms with Crippen molar-refractivity contribution in [3.8, 4) is 0 Å². The number of carbonyl (C=O) groups excluding carboxylic acids is 1. The molecule has 2 aromatic rings. The standard InChI is InChI=1S/C14H12BrFN2O/c1-8-2-3-9(15)6-11(8)14(19)18-10-4-5-13(17)12(16)7-10/h2-7H,17H2,1H3,(H,18,19). The maximum absolute atomic E-state index is 13.3. The van der Waals surface area contributed by atoms with Gasteiger partial charge in [0.25, 0.3) is 5.91 Å². The lowest BCUT2D eigenvalue weighted by atomic mass is 10.1. The van der Waals surface area contributed by atoms with Gasteiger partial charge in [0, 0.05) is 15.7 Å². The van der Waals surface area contributed by atoms with Crippen molar-refractivity contribution in [1.29, 1.82) is 0 Å². The molecule has 0 spiro atoms. The number of hydrogen-bond donors (Lipinski definition) is 2. The minimum Gasteiger partial charge on any atom is -0.396 e. The number of carbonyl (C=O) groups is 1. The van der Waals surface area contributed by atoms with Crippen LogP contribution in [0.2, 0.25) is 0 Å². The quantitative estimate of drug-likeness (QED) is 0.828. The number of hydrogen-bond acceptors (Lipinski definition) is 2. The van der Waals surface area contributed by atoms with Crippen LogP contribution in [0, 0.1) is 12.7 Å². The summed E-state index contributed by atoms with van der Waals surface area (Å²) in [5, 5.41) is 2.64. The molecule has 0 saturated carbocycles. The number of anilines is 2. The van der Waals surface area contributed by atoms with Crippen molar-refractivity contribution in [2.75, 3.05) is 11.1 Å². The maximum atomic E-state index is 13.3. The van der Waals surface area contributed by atoms with E-state index in [1.165, 1.54) is 12.1 Å². The first kappa shape index (κ1) is 13.5. The highest BCUT2D eigenvalue weighted by molar-refractivity contribution is 9.10. The van der Waals surface area contributed by atoms with E-state index in [9.17, 15) is 9.18 Å². The first-order chi connectivity index (χ1) is 8.97. The van der Waals surface area contributed by atoms with Crippen molar-refractivity contribution in [2.24, 2.45) is 0 Å². The highest BCUT2D eigenvalue weighted by Crippen LogP contribution is 2.19. The molecule has 3 N–H and O–H groups in total. The van der Waals surface area contributed by atoms with Crippen molar-refractivity contribution in [3.05, 3.63) is 57.8 Å². The second-order valence-electron chi connectivity index (χ2n) is 4.15. The predicted octanol–water partition coefficient (Wildman–Crippen LogP) is 3.73. The highest BCUT2D eigenvalue weighted by Gasteiger charge is 2.10. The summed E-state index contributed by atoms with van der Waals surface area (Å²) < 4.78 is 14.1. The summed E-state index contributed by atoms with van der Waals surface area (Å²) >= 11 is 3.31. The highest BCUT2D eigenvalue weighted by atomic mass is 79.9. The normalized spacial score (nSPS) is 10.3. The molecule has 19 heavy (non-hydrogen) atoms. The van der Waals surface area contributed by atoms with E-state index in [1.807, 2.05) is 19.1 Å². The molecule has 0 unspecified atom stereocenters. The Morgan fingerprint density at radius 2 is 2.00 bits per heavy atom. The van der Waals surface area contributed by atoms with E-state index in [0.29, 0.717) is 11.3 Å². The lowest BCUT2D eigenvalue weighted by molar-refractivity contribution is 0.102. The topological polar surface area (TPSA) is 55.1 Å². The Morgan fingerprint density at radius 3 is 2.68 bits per heavy atom. The van der Waals surface area contributed by atoms with E-state index >= 15 is 0 Å². The van der Waals surface area contributed by atoms with Gasteiger partial charge in [-0.1, -0.05) is 22.0 Å². The number of rotatable bonds is 2. The Bertz CT molecular complexity index is 643. The van der Waals surface area contributed by atoms with Crippen LogP contribution in [0.1, 0.15) is 15.9 Å². The molecule has 5 heteroatoms. The summed E-state index contributed by atoms with van der Waals surface area (Å²) in [7, 11) is 0. The Labute approximate surface area is 118 Å². The van der Waals surface area contributed by atoms with Gasteiger partial charge in [0.2, 0.25) is 0 Å². The second kappa shape index (κ2) is 5.40.